The molecule has 0 spiro atoms. The number of hydrogen-bond acceptors (Lipinski definition) is 5. The number of halogens is 4. The molecule has 1 aliphatic rings. The predicted octanol–water partition coefficient (Wildman–Crippen LogP) is 4.90. The summed E-state index contributed by atoms with van der Waals surface area (Å²) in [6.45, 7) is 5.30. The number of aryl methyl sites for hydroxylation is 1. The lowest BCUT2D eigenvalue weighted by Crippen LogP contribution is -2.37. The first-order chi connectivity index (χ1) is 16.4. The van der Waals surface area contributed by atoms with Crippen molar-refractivity contribution in [3.8, 4) is 11.5 Å². The summed E-state index contributed by atoms with van der Waals surface area (Å²) in [4.78, 5) is 29.5. The maximum Gasteiger partial charge on any atom is 0.403 e. The van der Waals surface area contributed by atoms with Gasteiger partial charge >= 0.3 is 6.18 Å². The lowest BCUT2D eigenvalue weighted by molar-refractivity contribution is -0.189. The van der Waals surface area contributed by atoms with Gasteiger partial charge < -0.3 is 15.2 Å². The summed E-state index contributed by atoms with van der Waals surface area (Å²) in [7, 11) is 0. The molecule has 0 radical (unpaired) electrons. The Morgan fingerprint density at radius 2 is 1.86 bits per heavy atom. The summed E-state index contributed by atoms with van der Waals surface area (Å²) in [6, 6.07) is 6.85. The third-order valence-corrected chi connectivity index (χ3v) is 5.88. The van der Waals surface area contributed by atoms with E-state index in [1.54, 1.807) is 23.0 Å². The molecule has 0 saturated heterocycles. The van der Waals surface area contributed by atoms with Gasteiger partial charge in [0.15, 0.2) is 5.82 Å². The molecule has 12 heteroatoms. The fourth-order valence-corrected chi connectivity index (χ4v) is 3.60. The van der Waals surface area contributed by atoms with Crippen molar-refractivity contribution < 1.29 is 27.2 Å². The average Bonchev–Trinajstić information content (AvgIpc) is 3.46. The minimum absolute atomic E-state index is 0.0578. The van der Waals surface area contributed by atoms with Crippen molar-refractivity contribution in [1.82, 2.24) is 19.7 Å². The second-order valence-corrected chi connectivity index (χ2v) is 8.70. The number of alkyl halides is 3. The Bertz CT molecular complexity index is 1300. The summed E-state index contributed by atoms with van der Waals surface area (Å²) < 4.78 is 56.2. The van der Waals surface area contributed by atoms with Crippen LogP contribution in [0.3, 0.4) is 0 Å². The second-order valence-electron chi connectivity index (χ2n) is 8.70. The lowest BCUT2D eigenvalue weighted by atomic mass is 10.0. The number of aromatic nitrogens is 4. The molecule has 1 aliphatic carbocycles. The molecule has 0 bridgehead atoms. The molecular formula is C23H22F4N6O2. The minimum Gasteiger partial charge on any atom is -0.325 e. The Morgan fingerprint density at radius 1 is 1.14 bits per heavy atom. The molecule has 0 unspecified atom stereocenters. The van der Waals surface area contributed by atoms with Gasteiger partial charge in [-0.15, -0.1) is 10.2 Å². The van der Waals surface area contributed by atoms with E-state index in [2.05, 4.69) is 25.8 Å². The van der Waals surface area contributed by atoms with Crippen LogP contribution in [0.15, 0.2) is 36.7 Å². The number of carbonyl (C=O) groups is 2. The van der Waals surface area contributed by atoms with E-state index in [9.17, 15) is 27.2 Å². The van der Waals surface area contributed by atoms with Crippen molar-refractivity contribution in [2.45, 2.75) is 45.8 Å². The van der Waals surface area contributed by atoms with Crippen LogP contribution in [0.5, 0.6) is 0 Å². The highest BCUT2D eigenvalue weighted by Gasteiger charge is 2.68. The highest BCUT2D eigenvalue weighted by atomic mass is 19.4. The van der Waals surface area contributed by atoms with Crippen LogP contribution in [0.2, 0.25) is 0 Å². The monoisotopic (exact) mass is 490 g/mol. The largest absolute Gasteiger partial charge is 0.403 e. The Morgan fingerprint density at radius 3 is 2.49 bits per heavy atom. The van der Waals surface area contributed by atoms with E-state index in [1.165, 1.54) is 13.0 Å². The molecule has 1 fully saturated rings. The van der Waals surface area contributed by atoms with Crippen molar-refractivity contribution in [3.63, 3.8) is 0 Å². The van der Waals surface area contributed by atoms with Crippen LogP contribution in [0.4, 0.5) is 29.1 Å². The van der Waals surface area contributed by atoms with E-state index in [4.69, 9.17) is 0 Å². The summed E-state index contributed by atoms with van der Waals surface area (Å²) >= 11 is 0. The van der Waals surface area contributed by atoms with Crippen molar-refractivity contribution >= 4 is 23.3 Å². The van der Waals surface area contributed by atoms with Gasteiger partial charge in [-0.3, -0.25) is 9.59 Å². The molecule has 1 aromatic carbocycles. The van der Waals surface area contributed by atoms with Gasteiger partial charge in [-0.1, -0.05) is 6.07 Å². The Kier molecular flexibility index (Phi) is 6.07. The van der Waals surface area contributed by atoms with Crippen LogP contribution >= 0.6 is 0 Å². The topological polar surface area (TPSA) is 102 Å². The van der Waals surface area contributed by atoms with E-state index in [0.717, 1.165) is 12.1 Å². The van der Waals surface area contributed by atoms with Gasteiger partial charge in [0, 0.05) is 11.7 Å². The molecule has 2 N–H and O–H groups in total. The highest BCUT2D eigenvalue weighted by molar-refractivity contribution is 6.06. The van der Waals surface area contributed by atoms with Gasteiger partial charge in [0.1, 0.15) is 29.1 Å². The van der Waals surface area contributed by atoms with Crippen molar-refractivity contribution in [2.24, 2.45) is 5.41 Å². The zero-order valence-electron chi connectivity index (χ0n) is 19.1. The zero-order valence-corrected chi connectivity index (χ0v) is 19.1. The van der Waals surface area contributed by atoms with Gasteiger partial charge in [0.25, 0.3) is 5.91 Å². The van der Waals surface area contributed by atoms with Crippen LogP contribution in [-0.4, -0.2) is 37.7 Å². The number of pyridine rings is 1. The average molecular weight is 490 g/mol. The molecule has 0 atom stereocenters. The third-order valence-electron chi connectivity index (χ3n) is 5.88. The lowest BCUT2D eigenvalue weighted by Gasteiger charge is -2.19. The van der Waals surface area contributed by atoms with Crippen LogP contribution in [0.1, 0.15) is 48.7 Å². The number of nitrogens with one attached hydrogen (secondary N) is 2. The molecule has 0 aliphatic heterocycles. The van der Waals surface area contributed by atoms with Crippen molar-refractivity contribution in [1.29, 1.82) is 0 Å². The smallest absolute Gasteiger partial charge is 0.325 e. The maximum atomic E-state index is 14.6. The maximum absolute atomic E-state index is 14.6. The highest BCUT2D eigenvalue weighted by Crippen LogP contribution is 2.58. The number of benzene rings is 1. The Balaban J connectivity index is 1.57. The second kappa shape index (κ2) is 8.75. The summed E-state index contributed by atoms with van der Waals surface area (Å²) in [6.07, 6.45) is -3.78. The van der Waals surface area contributed by atoms with E-state index in [0.29, 0.717) is 11.5 Å². The first-order valence-corrected chi connectivity index (χ1v) is 10.8. The number of nitrogens with zero attached hydrogens (tertiary/aromatic N) is 4. The number of anilines is 2. The Hall–Kier alpha value is -3.83. The van der Waals surface area contributed by atoms with Gasteiger partial charge in [-0.05, 0) is 63.4 Å². The van der Waals surface area contributed by atoms with Crippen LogP contribution in [0.25, 0.3) is 11.5 Å². The summed E-state index contributed by atoms with van der Waals surface area (Å²) in [5, 5.41) is 12.6. The molecule has 1 saturated carbocycles. The quantitative estimate of drug-likeness (QED) is 0.479. The molecule has 2 amide bonds. The molecule has 4 rings (SSSR count). The van der Waals surface area contributed by atoms with E-state index >= 15 is 0 Å². The normalized spacial score (nSPS) is 14.6. The zero-order chi connectivity index (χ0) is 25.5. The third kappa shape index (κ3) is 4.60. The van der Waals surface area contributed by atoms with Crippen molar-refractivity contribution in [2.75, 3.05) is 10.6 Å². The number of carbonyl (C=O) groups excluding carboxylic acids is 2. The molecule has 184 valence electrons. The first kappa shape index (κ1) is 24.3. The fourth-order valence-electron chi connectivity index (χ4n) is 3.60. The molecule has 2 heterocycles. The standard InChI is InChI=1S/C23H22F4N6O2/c1-12(2)33-11-28-32-19(33)16-5-4-6-18(29-16)31-20(34)14-10-17(13(3)9-15(14)24)30-21(35)22(7-8-22)23(25,26)27/h4-6,9-12H,7-8H2,1-3H3,(H,30,35)(H,29,31,34). The van der Waals surface area contributed by atoms with Gasteiger partial charge in [0.05, 0.1) is 5.56 Å². The van der Waals surface area contributed by atoms with E-state index in [1.807, 2.05) is 13.8 Å². The SMILES string of the molecule is Cc1cc(F)c(C(=O)Nc2cccc(-c3nncn3C(C)C)n2)cc1NC(=O)C1(C(F)(F)F)CC1. The van der Waals surface area contributed by atoms with Crippen LogP contribution in [0, 0.1) is 18.2 Å². The van der Waals surface area contributed by atoms with Gasteiger partial charge in [-0.25, -0.2) is 9.37 Å². The van der Waals surface area contributed by atoms with Crippen LogP contribution in [-0.2, 0) is 4.79 Å². The molecule has 2 aromatic heterocycles. The van der Waals surface area contributed by atoms with Gasteiger partial charge in [-0.2, -0.15) is 13.2 Å². The molecule has 3 aromatic rings. The number of amides is 2. The fraction of sp³-hybridized carbons (Fsp3) is 0.348. The predicted molar refractivity (Wildman–Crippen MR) is 119 cm³/mol. The van der Waals surface area contributed by atoms with Gasteiger partial charge in [0.2, 0.25) is 5.91 Å². The van der Waals surface area contributed by atoms with E-state index < -0.39 is 34.8 Å². The summed E-state index contributed by atoms with van der Waals surface area (Å²) in [5.41, 5.74) is -2.38. The number of rotatable bonds is 6. The molecular weight excluding hydrogens is 468 g/mol. The minimum atomic E-state index is -4.69. The number of hydrogen-bond donors (Lipinski definition) is 2. The van der Waals surface area contributed by atoms with Crippen LogP contribution < -0.4 is 10.6 Å². The Labute approximate surface area is 197 Å². The van der Waals surface area contributed by atoms with Crippen molar-refractivity contribution in [3.05, 3.63) is 53.6 Å². The molecule has 35 heavy (non-hydrogen) atoms. The summed E-state index contributed by atoms with van der Waals surface area (Å²) in [5.74, 6) is -2.43. The first-order valence-electron chi connectivity index (χ1n) is 10.8. The van der Waals surface area contributed by atoms with E-state index in [-0.39, 0.29) is 36.0 Å². The molecule has 8 nitrogen and oxygen atoms in total.